The molecule has 0 saturated heterocycles. The number of benzene rings is 1. The second-order valence-electron chi connectivity index (χ2n) is 5.02. The van der Waals surface area contributed by atoms with Crippen LogP contribution in [0.3, 0.4) is 0 Å². The predicted octanol–water partition coefficient (Wildman–Crippen LogP) is 4.66. The molecule has 0 spiro atoms. The topological polar surface area (TPSA) is 17.1 Å². The minimum atomic E-state index is -0.630. The Morgan fingerprint density at radius 3 is 2.37 bits per heavy atom. The van der Waals surface area contributed by atoms with Crippen LogP contribution in [0.25, 0.3) is 5.57 Å². The molecule has 0 aromatic heterocycles. The monoisotopic (exact) mass is 264 g/mol. The van der Waals surface area contributed by atoms with Gasteiger partial charge < -0.3 is 0 Å². The summed E-state index contributed by atoms with van der Waals surface area (Å²) in [5, 5.41) is 0. The van der Waals surface area contributed by atoms with Gasteiger partial charge >= 0.3 is 0 Å². The number of rotatable bonds is 5. The number of carbonyl (C=O) groups excluding carboxylic acids is 1. The van der Waals surface area contributed by atoms with Gasteiger partial charge in [0.05, 0.1) is 0 Å². The Morgan fingerprint density at radius 1 is 1.05 bits per heavy atom. The summed E-state index contributed by atoms with van der Waals surface area (Å²) in [7, 11) is 0. The zero-order valence-electron chi connectivity index (χ0n) is 11.1. The maximum absolute atomic E-state index is 13.3. The standard InChI is InChI=1S/C16H18F2O/c1-2-3-4-5-11-6-7-15(19)16(11)12-8-13(17)10-14(18)9-12/h8-10H,2-7H2,1H3. The molecule has 1 aliphatic carbocycles. The van der Waals surface area contributed by atoms with E-state index in [0.29, 0.717) is 17.6 Å². The lowest BCUT2D eigenvalue weighted by Crippen LogP contribution is -1.98. The molecule has 0 fully saturated rings. The van der Waals surface area contributed by atoms with E-state index in [4.69, 9.17) is 0 Å². The summed E-state index contributed by atoms with van der Waals surface area (Å²) in [6, 6.07) is 3.34. The molecule has 102 valence electrons. The van der Waals surface area contributed by atoms with Crippen molar-refractivity contribution in [1.29, 1.82) is 0 Å². The van der Waals surface area contributed by atoms with Crippen LogP contribution in [-0.4, -0.2) is 5.78 Å². The summed E-state index contributed by atoms with van der Waals surface area (Å²) in [5.74, 6) is -1.25. The summed E-state index contributed by atoms with van der Waals surface area (Å²) >= 11 is 0. The van der Waals surface area contributed by atoms with Gasteiger partial charge in [0.25, 0.3) is 0 Å². The van der Waals surface area contributed by atoms with Crippen LogP contribution in [0.5, 0.6) is 0 Å². The van der Waals surface area contributed by atoms with Gasteiger partial charge in [-0.15, -0.1) is 0 Å². The Morgan fingerprint density at radius 2 is 1.74 bits per heavy atom. The van der Waals surface area contributed by atoms with E-state index in [0.717, 1.165) is 43.7 Å². The van der Waals surface area contributed by atoms with Gasteiger partial charge in [0.1, 0.15) is 11.6 Å². The number of unbranched alkanes of at least 4 members (excludes halogenated alkanes) is 2. The fourth-order valence-corrected chi connectivity index (χ4v) is 2.61. The van der Waals surface area contributed by atoms with E-state index >= 15 is 0 Å². The van der Waals surface area contributed by atoms with Crippen molar-refractivity contribution in [2.75, 3.05) is 0 Å². The van der Waals surface area contributed by atoms with Crippen LogP contribution in [0.15, 0.2) is 23.8 Å². The molecule has 0 heterocycles. The lowest BCUT2D eigenvalue weighted by molar-refractivity contribution is -0.113. The van der Waals surface area contributed by atoms with E-state index in [2.05, 4.69) is 6.92 Å². The molecule has 0 radical (unpaired) electrons. The molecule has 0 bridgehead atoms. The van der Waals surface area contributed by atoms with Crippen molar-refractivity contribution in [3.8, 4) is 0 Å². The Hall–Kier alpha value is -1.51. The van der Waals surface area contributed by atoms with Crippen LogP contribution in [0, 0.1) is 11.6 Å². The van der Waals surface area contributed by atoms with E-state index in [9.17, 15) is 13.6 Å². The molecule has 0 unspecified atom stereocenters. The highest BCUT2D eigenvalue weighted by atomic mass is 19.1. The fourth-order valence-electron chi connectivity index (χ4n) is 2.61. The van der Waals surface area contributed by atoms with Crippen molar-refractivity contribution >= 4 is 11.4 Å². The van der Waals surface area contributed by atoms with E-state index < -0.39 is 11.6 Å². The van der Waals surface area contributed by atoms with Crippen molar-refractivity contribution in [3.05, 3.63) is 41.0 Å². The van der Waals surface area contributed by atoms with E-state index in [1.54, 1.807) is 0 Å². The van der Waals surface area contributed by atoms with Gasteiger partial charge in [-0.05, 0) is 37.0 Å². The van der Waals surface area contributed by atoms with E-state index in [1.165, 1.54) is 12.1 Å². The number of hydrogen-bond acceptors (Lipinski definition) is 1. The first-order valence-electron chi connectivity index (χ1n) is 6.83. The second-order valence-corrected chi connectivity index (χ2v) is 5.02. The van der Waals surface area contributed by atoms with Crippen molar-refractivity contribution in [2.24, 2.45) is 0 Å². The van der Waals surface area contributed by atoms with Crippen LogP contribution in [0.1, 0.15) is 51.0 Å². The third kappa shape index (κ3) is 3.28. The number of Topliss-reactive ketones (excluding diaryl/α,β-unsaturated/α-hetero) is 1. The lowest BCUT2D eigenvalue weighted by Gasteiger charge is -2.07. The average molecular weight is 264 g/mol. The molecule has 1 nitrogen and oxygen atoms in total. The minimum absolute atomic E-state index is 0.0106. The summed E-state index contributed by atoms with van der Waals surface area (Å²) in [4.78, 5) is 11.9. The van der Waals surface area contributed by atoms with Gasteiger partial charge in [0.2, 0.25) is 0 Å². The molecule has 3 heteroatoms. The summed E-state index contributed by atoms with van der Waals surface area (Å²) in [6.45, 7) is 2.12. The van der Waals surface area contributed by atoms with Crippen molar-refractivity contribution in [2.45, 2.75) is 45.4 Å². The fraction of sp³-hybridized carbons (Fsp3) is 0.438. The van der Waals surface area contributed by atoms with E-state index in [-0.39, 0.29) is 5.78 Å². The molecule has 2 rings (SSSR count). The van der Waals surface area contributed by atoms with E-state index in [1.807, 2.05) is 0 Å². The Bertz CT molecular complexity index is 497. The molecule has 0 atom stereocenters. The van der Waals surface area contributed by atoms with Crippen molar-refractivity contribution < 1.29 is 13.6 Å². The minimum Gasteiger partial charge on any atom is -0.294 e. The molecule has 0 N–H and O–H groups in total. The normalized spacial score (nSPS) is 15.4. The van der Waals surface area contributed by atoms with Crippen LogP contribution < -0.4 is 0 Å². The van der Waals surface area contributed by atoms with Gasteiger partial charge in [0, 0.05) is 18.1 Å². The third-order valence-corrected chi connectivity index (χ3v) is 3.52. The van der Waals surface area contributed by atoms with Crippen LogP contribution in [0.4, 0.5) is 8.78 Å². The number of hydrogen-bond donors (Lipinski definition) is 0. The number of halogens is 2. The van der Waals surface area contributed by atoms with Crippen molar-refractivity contribution in [1.82, 2.24) is 0 Å². The predicted molar refractivity (Wildman–Crippen MR) is 71.7 cm³/mol. The first-order valence-corrected chi connectivity index (χ1v) is 6.83. The molecule has 0 saturated carbocycles. The highest BCUT2D eigenvalue weighted by Gasteiger charge is 2.24. The molecule has 1 aromatic carbocycles. The average Bonchev–Trinajstić information content (AvgIpc) is 2.70. The largest absolute Gasteiger partial charge is 0.294 e. The third-order valence-electron chi connectivity index (χ3n) is 3.52. The van der Waals surface area contributed by atoms with Crippen LogP contribution >= 0.6 is 0 Å². The smallest absolute Gasteiger partial charge is 0.163 e. The first-order chi connectivity index (χ1) is 9.11. The lowest BCUT2D eigenvalue weighted by atomic mass is 9.98. The summed E-state index contributed by atoms with van der Waals surface area (Å²) in [5.41, 5.74) is 2.00. The number of carbonyl (C=O) groups is 1. The summed E-state index contributed by atoms with van der Waals surface area (Å²) < 4.78 is 26.5. The van der Waals surface area contributed by atoms with Gasteiger partial charge in [0.15, 0.2) is 5.78 Å². The Kier molecular flexibility index (Phi) is 4.46. The Balaban J connectivity index is 2.31. The summed E-state index contributed by atoms with van der Waals surface area (Å²) in [6.07, 6.45) is 5.31. The molecular formula is C16H18F2O. The maximum Gasteiger partial charge on any atom is 0.163 e. The Labute approximate surface area is 112 Å². The second kappa shape index (κ2) is 6.09. The van der Waals surface area contributed by atoms with Crippen LogP contribution in [0.2, 0.25) is 0 Å². The van der Waals surface area contributed by atoms with Crippen LogP contribution in [-0.2, 0) is 4.79 Å². The zero-order valence-corrected chi connectivity index (χ0v) is 11.1. The molecule has 0 amide bonds. The molecule has 1 aromatic rings. The zero-order chi connectivity index (χ0) is 13.8. The maximum atomic E-state index is 13.3. The van der Waals surface area contributed by atoms with Gasteiger partial charge in [-0.3, -0.25) is 4.79 Å². The number of ketones is 1. The molecule has 19 heavy (non-hydrogen) atoms. The van der Waals surface area contributed by atoms with Gasteiger partial charge in [-0.1, -0.05) is 25.3 Å². The number of allylic oxidation sites excluding steroid dienone is 2. The quantitative estimate of drug-likeness (QED) is 0.707. The molecule has 0 aliphatic heterocycles. The first kappa shape index (κ1) is 13.9. The molecule has 1 aliphatic rings. The highest BCUT2D eigenvalue weighted by Crippen LogP contribution is 2.34. The van der Waals surface area contributed by atoms with Crippen molar-refractivity contribution in [3.63, 3.8) is 0 Å². The van der Waals surface area contributed by atoms with Gasteiger partial charge in [-0.2, -0.15) is 0 Å². The van der Waals surface area contributed by atoms with Gasteiger partial charge in [-0.25, -0.2) is 8.78 Å². The highest BCUT2D eigenvalue weighted by molar-refractivity contribution is 6.23. The molecular weight excluding hydrogens is 246 g/mol. The SMILES string of the molecule is CCCCCC1=C(c2cc(F)cc(F)c2)C(=O)CC1.